The number of amides is 2. The van der Waals surface area contributed by atoms with E-state index in [4.69, 9.17) is 11.6 Å². The first-order chi connectivity index (χ1) is 17.6. The summed E-state index contributed by atoms with van der Waals surface area (Å²) in [4.78, 5) is 28.0. The lowest BCUT2D eigenvalue weighted by atomic mass is 10.1. The highest BCUT2D eigenvalue weighted by Crippen LogP contribution is 2.27. The van der Waals surface area contributed by atoms with Crippen molar-refractivity contribution in [3.05, 3.63) is 93.4 Å². The summed E-state index contributed by atoms with van der Waals surface area (Å²) in [6.45, 7) is 3.20. The molecule has 0 aliphatic rings. The Labute approximate surface area is 231 Å². The van der Waals surface area contributed by atoms with Gasteiger partial charge in [-0.25, -0.2) is 8.42 Å². The van der Waals surface area contributed by atoms with E-state index < -0.39 is 28.5 Å². The number of carbonyl (C=O) groups is 2. The summed E-state index contributed by atoms with van der Waals surface area (Å²) in [7, 11) is -2.61. The Bertz CT molecular complexity index is 1350. The Morgan fingerprint density at radius 1 is 1.00 bits per heavy atom. The molecule has 10 heteroatoms. The molecule has 0 aromatic heterocycles. The fourth-order valence-electron chi connectivity index (χ4n) is 3.87. The van der Waals surface area contributed by atoms with Crippen molar-refractivity contribution in [1.29, 1.82) is 0 Å². The predicted octanol–water partition coefficient (Wildman–Crippen LogP) is 5.16. The van der Waals surface area contributed by atoms with Crippen molar-refractivity contribution in [3.8, 4) is 0 Å². The van der Waals surface area contributed by atoms with Gasteiger partial charge in [0.1, 0.15) is 12.6 Å². The quantitative estimate of drug-likeness (QED) is 0.346. The van der Waals surface area contributed by atoms with E-state index in [0.29, 0.717) is 22.7 Å². The second-order valence-electron chi connectivity index (χ2n) is 8.45. The lowest BCUT2D eigenvalue weighted by Gasteiger charge is -2.33. The Balaban J connectivity index is 2.06. The van der Waals surface area contributed by atoms with E-state index in [1.165, 1.54) is 24.1 Å². The summed E-state index contributed by atoms with van der Waals surface area (Å²) >= 11 is 9.73. The highest BCUT2D eigenvalue weighted by Gasteiger charge is 2.33. The van der Waals surface area contributed by atoms with Crippen LogP contribution in [0.2, 0.25) is 5.02 Å². The number of benzene rings is 3. The van der Waals surface area contributed by atoms with Gasteiger partial charge in [0.05, 0.1) is 10.6 Å². The van der Waals surface area contributed by atoms with Crippen LogP contribution in [0.5, 0.6) is 0 Å². The number of carbonyl (C=O) groups excluding carboxylic acids is 2. The molecular formula is C27H29BrClN3O4S. The van der Waals surface area contributed by atoms with E-state index in [1.807, 2.05) is 6.92 Å². The van der Waals surface area contributed by atoms with Crippen molar-refractivity contribution < 1.29 is 18.0 Å². The van der Waals surface area contributed by atoms with Crippen LogP contribution in [0.25, 0.3) is 0 Å². The van der Waals surface area contributed by atoms with Gasteiger partial charge in [0, 0.05) is 23.1 Å². The van der Waals surface area contributed by atoms with Crippen molar-refractivity contribution in [2.45, 2.75) is 37.8 Å². The molecule has 0 unspecified atom stereocenters. The number of hydrogen-bond donors (Lipinski definition) is 1. The third-order valence-electron chi connectivity index (χ3n) is 5.93. The second kappa shape index (κ2) is 12.6. The van der Waals surface area contributed by atoms with Crippen molar-refractivity contribution in [2.24, 2.45) is 0 Å². The second-order valence-corrected chi connectivity index (χ2v) is 11.6. The Morgan fingerprint density at radius 2 is 1.62 bits per heavy atom. The minimum absolute atomic E-state index is 0.0448. The molecule has 0 bridgehead atoms. The SMILES string of the molecule is CC[C@@H](C(=O)NC)N(Cc1ccccc1Cl)C(=O)CN(c1ccc(Br)cc1)S(=O)(=O)c1ccc(C)cc1. The average molecular weight is 607 g/mol. The lowest BCUT2D eigenvalue weighted by molar-refractivity contribution is -0.140. The van der Waals surface area contributed by atoms with Crippen LogP contribution in [0, 0.1) is 6.92 Å². The highest BCUT2D eigenvalue weighted by atomic mass is 79.9. The van der Waals surface area contributed by atoms with E-state index >= 15 is 0 Å². The van der Waals surface area contributed by atoms with Crippen LogP contribution in [0.3, 0.4) is 0 Å². The van der Waals surface area contributed by atoms with Crippen molar-refractivity contribution in [2.75, 3.05) is 17.9 Å². The summed E-state index contributed by atoms with van der Waals surface area (Å²) in [5, 5.41) is 3.05. The fraction of sp³-hybridized carbons (Fsp3) is 0.259. The first-order valence-electron chi connectivity index (χ1n) is 11.7. The molecule has 0 saturated carbocycles. The van der Waals surface area contributed by atoms with Gasteiger partial charge in [-0.05, 0) is 61.4 Å². The average Bonchev–Trinajstić information content (AvgIpc) is 2.88. The van der Waals surface area contributed by atoms with Gasteiger partial charge in [-0.1, -0.05) is 70.3 Å². The normalized spacial score (nSPS) is 12.0. The third kappa shape index (κ3) is 6.91. The molecule has 1 N–H and O–H groups in total. The zero-order chi connectivity index (χ0) is 27.2. The van der Waals surface area contributed by atoms with Gasteiger partial charge < -0.3 is 10.2 Å². The molecule has 1 atom stereocenters. The lowest BCUT2D eigenvalue weighted by Crippen LogP contribution is -2.51. The molecule has 0 aliphatic carbocycles. The molecule has 2 amide bonds. The van der Waals surface area contributed by atoms with Gasteiger partial charge in [-0.2, -0.15) is 0 Å². The summed E-state index contributed by atoms with van der Waals surface area (Å²) in [6.07, 6.45) is 0.332. The molecule has 3 aromatic rings. The number of hydrogen-bond acceptors (Lipinski definition) is 4. The molecule has 0 saturated heterocycles. The summed E-state index contributed by atoms with van der Waals surface area (Å²) in [5.74, 6) is -0.881. The summed E-state index contributed by atoms with van der Waals surface area (Å²) < 4.78 is 29.4. The van der Waals surface area contributed by atoms with Crippen LogP contribution in [-0.2, 0) is 26.2 Å². The standard InChI is InChI=1S/C27H29BrClN3O4S/c1-4-25(27(34)30-3)31(17-20-7-5-6-8-24(20)29)26(33)18-32(22-13-11-21(28)12-14-22)37(35,36)23-15-9-19(2)10-16-23/h5-16,25H,4,17-18H2,1-3H3,(H,30,34)/t25-/m0/s1. The van der Waals surface area contributed by atoms with Gasteiger partial charge >= 0.3 is 0 Å². The number of nitrogens with zero attached hydrogens (tertiary/aromatic N) is 2. The first-order valence-corrected chi connectivity index (χ1v) is 14.3. The number of halogens is 2. The largest absolute Gasteiger partial charge is 0.357 e. The minimum atomic E-state index is -4.11. The molecule has 3 aromatic carbocycles. The molecule has 0 aliphatic heterocycles. The number of sulfonamides is 1. The van der Waals surface area contributed by atoms with Crippen LogP contribution < -0.4 is 9.62 Å². The van der Waals surface area contributed by atoms with E-state index in [9.17, 15) is 18.0 Å². The van der Waals surface area contributed by atoms with Crippen molar-refractivity contribution >= 4 is 55.1 Å². The molecule has 37 heavy (non-hydrogen) atoms. The van der Waals surface area contributed by atoms with Crippen molar-refractivity contribution in [1.82, 2.24) is 10.2 Å². The van der Waals surface area contributed by atoms with Crippen LogP contribution in [0.1, 0.15) is 24.5 Å². The molecule has 0 fully saturated rings. The topological polar surface area (TPSA) is 86.8 Å². The van der Waals surface area contributed by atoms with Crippen LogP contribution in [0.15, 0.2) is 82.2 Å². The number of anilines is 1. The Hall–Kier alpha value is -2.88. The summed E-state index contributed by atoms with van der Waals surface area (Å²) in [6, 6.07) is 19.3. The van der Waals surface area contributed by atoms with Gasteiger partial charge in [0.2, 0.25) is 11.8 Å². The summed E-state index contributed by atoms with van der Waals surface area (Å²) in [5.41, 5.74) is 1.88. The maximum absolute atomic E-state index is 13.8. The molecule has 0 heterocycles. The zero-order valence-electron chi connectivity index (χ0n) is 20.8. The van der Waals surface area contributed by atoms with Gasteiger partial charge in [0.15, 0.2) is 0 Å². The highest BCUT2D eigenvalue weighted by molar-refractivity contribution is 9.10. The van der Waals surface area contributed by atoms with Crippen molar-refractivity contribution in [3.63, 3.8) is 0 Å². The molecular weight excluding hydrogens is 578 g/mol. The van der Waals surface area contributed by atoms with E-state index in [2.05, 4.69) is 21.2 Å². The maximum atomic E-state index is 13.8. The number of rotatable bonds is 10. The van der Waals surface area contributed by atoms with E-state index in [0.717, 1.165) is 14.3 Å². The number of aryl methyl sites for hydroxylation is 1. The predicted molar refractivity (Wildman–Crippen MR) is 150 cm³/mol. The van der Waals surface area contributed by atoms with Crippen LogP contribution in [0.4, 0.5) is 5.69 Å². The monoisotopic (exact) mass is 605 g/mol. The van der Waals surface area contributed by atoms with Gasteiger partial charge in [-0.15, -0.1) is 0 Å². The smallest absolute Gasteiger partial charge is 0.264 e. The molecule has 7 nitrogen and oxygen atoms in total. The minimum Gasteiger partial charge on any atom is -0.357 e. The van der Waals surface area contributed by atoms with E-state index in [1.54, 1.807) is 67.6 Å². The van der Waals surface area contributed by atoms with Gasteiger partial charge in [0.25, 0.3) is 10.0 Å². The van der Waals surface area contributed by atoms with Crippen LogP contribution >= 0.6 is 27.5 Å². The number of nitrogens with one attached hydrogen (secondary N) is 1. The molecule has 0 spiro atoms. The van der Waals surface area contributed by atoms with Gasteiger partial charge in [-0.3, -0.25) is 13.9 Å². The Morgan fingerprint density at radius 3 is 2.19 bits per heavy atom. The Kier molecular flexibility index (Phi) is 9.75. The zero-order valence-corrected chi connectivity index (χ0v) is 24.0. The van der Waals surface area contributed by atoms with E-state index in [-0.39, 0.29) is 17.3 Å². The molecule has 196 valence electrons. The first kappa shape index (κ1) is 28.7. The maximum Gasteiger partial charge on any atom is 0.264 e. The van der Waals surface area contributed by atoms with Crippen LogP contribution in [-0.4, -0.2) is 44.8 Å². The number of likely N-dealkylation sites (N-methyl/N-ethyl adjacent to an activating group) is 1. The molecule has 0 radical (unpaired) electrons. The fourth-order valence-corrected chi connectivity index (χ4v) is 5.74. The molecule has 3 rings (SSSR count). The third-order valence-corrected chi connectivity index (χ3v) is 8.62.